The van der Waals surface area contributed by atoms with Gasteiger partial charge in [-0.15, -0.1) is 12.4 Å². The topological polar surface area (TPSA) is 52.7 Å². The number of benzene rings is 1. The van der Waals surface area contributed by atoms with Gasteiger partial charge in [-0.25, -0.2) is 4.39 Å². The fourth-order valence-electron chi connectivity index (χ4n) is 4.49. The van der Waals surface area contributed by atoms with Crippen LogP contribution in [0.1, 0.15) is 24.8 Å². The van der Waals surface area contributed by atoms with Crippen molar-refractivity contribution in [2.45, 2.75) is 25.7 Å². The zero-order valence-corrected chi connectivity index (χ0v) is 16.3. The molecule has 1 aromatic carbocycles. The third kappa shape index (κ3) is 4.11. The van der Waals surface area contributed by atoms with Crippen LogP contribution in [0, 0.1) is 17.2 Å². The molecule has 148 valence electrons. The molecule has 2 heterocycles. The van der Waals surface area contributed by atoms with Crippen LogP contribution < -0.4 is 5.32 Å². The standard InChI is InChI=1S/C20H26FN3O2.ClH/c21-17-4-2-1-3-15(17)13-18(25)23-9-11-24(12-10-23)19(26)16-14-20(16)5-7-22-8-6-20;/h1-4,16,22H,5-14H2;1H. The summed E-state index contributed by atoms with van der Waals surface area (Å²) in [5.41, 5.74) is 0.682. The third-order valence-electron chi connectivity index (χ3n) is 6.33. The van der Waals surface area contributed by atoms with Gasteiger partial charge in [-0.1, -0.05) is 18.2 Å². The normalized spacial score (nSPS) is 23.7. The van der Waals surface area contributed by atoms with Crippen molar-refractivity contribution in [1.29, 1.82) is 0 Å². The largest absolute Gasteiger partial charge is 0.339 e. The molecule has 0 aromatic heterocycles. The molecule has 4 rings (SSSR count). The van der Waals surface area contributed by atoms with E-state index < -0.39 is 0 Å². The number of amides is 2. The first kappa shape index (κ1) is 20.1. The van der Waals surface area contributed by atoms with Crippen LogP contribution in [0.15, 0.2) is 24.3 Å². The van der Waals surface area contributed by atoms with Crippen LogP contribution in [0.3, 0.4) is 0 Å². The van der Waals surface area contributed by atoms with Crippen molar-refractivity contribution in [3.05, 3.63) is 35.6 Å². The van der Waals surface area contributed by atoms with Crippen molar-refractivity contribution in [3.8, 4) is 0 Å². The fourth-order valence-corrected chi connectivity index (χ4v) is 4.49. The van der Waals surface area contributed by atoms with Gasteiger partial charge in [0.1, 0.15) is 5.82 Å². The van der Waals surface area contributed by atoms with Crippen LogP contribution >= 0.6 is 12.4 Å². The molecule has 2 amide bonds. The number of piperidine rings is 1. The Morgan fingerprint density at radius 3 is 2.37 bits per heavy atom. The maximum Gasteiger partial charge on any atom is 0.227 e. The summed E-state index contributed by atoms with van der Waals surface area (Å²) in [5, 5.41) is 3.37. The SMILES string of the molecule is Cl.O=C(Cc1ccccc1F)N1CCN(C(=O)C2CC23CCNCC3)CC1. The Morgan fingerprint density at radius 2 is 1.70 bits per heavy atom. The lowest BCUT2D eigenvalue weighted by molar-refractivity contribution is -0.140. The molecule has 3 aliphatic rings. The second-order valence-electron chi connectivity index (χ2n) is 7.84. The third-order valence-corrected chi connectivity index (χ3v) is 6.33. The lowest BCUT2D eigenvalue weighted by Crippen LogP contribution is -2.51. The van der Waals surface area contributed by atoms with Crippen molar-refractivity contribution in [2.75, 3.05) is 39.3 Å². The van der Waals surface area contributed by atoms with E-state index in [1.54, 1.807) is 23.1 Å². The van der Waals surface area contributed by atoms with E-state index in [-0.39, 0.29) is 47.8 Å². The van der Waals surface area contributed by atoms with Gasteiger partial charge in [-0.2, -0.15) is 0 Å². The Morgan fingerprint density at radius 1 is 1.07 bits per heavy atom. The van der Waals surface area contributed by atoms with Crippen LogP contribution in [0.4, 0.5) is 4.39 Å². The molecule has 1 aromatic rings. The van der Waals surface area contributed by atoms with Gasteiger partial charge in [-0.3, -0.25) is 9.59 Å². The molecule has 1 unspecified atom stereocenters. The van der Waals surface area contributed by atoms with Crippen molar-refractivity contribution in [2.24, 2.45) is 11.3 Å². The number of hydrogen-bond acceptors (Lipinski definition) is 3. The molecule has 1 spiro atoms. The summed E-state index contributed by atoms with van der Waals surface area (Å²) in [6.45, 7) is 4.30. The molecule has 7 heteroatoms. The van der Waals surface area contributed by atoms with Crippen LogP contribution in [-0.2, 0) is 16.0 Å². The van der Waals surface area contributed by atoms with E-state index >= 15 is 0 Å². The van der Waals surface area contributed by atoms with E-state index in [2.05, 4.69) is 5.32 Å². The Hall–Kier alpha value is -1.66. The number of halogens is 2. The highest BCUT2D eigenvalue weighted by molar-refractivity contribution is 5.85. The monoisotopic (exact) mass is 395 g/mol. The Bertz CT molecular complexity index is 700. The summed E-state index contributed by atoms with van der Waals surface area (Å²) < 4.78 is 13.7. The molecule has 2 saturated heterocycles. The van der Waals surface area contributed by atoms with Crippen molar-refractivity contribution < 1.29 is 14.0 Å². The highest BCUT2D eigenvalue weighted by atomic mass is 35.5. The summed E-state index contributed by atoms with van der Waals surface area (Å²) >= 11 is 0. The molecular weight excluding hydrogens is 369 g/mol. The first-order chi connectivity index (χ1) is 12.6. The summed E-state index contributed by atoms with van der Waals surface area (Å²) in [5.74, 6) is 0.0532. The average molecular weight is 396 g/mol. The second kappa shape index (κ2) is 8.15. The first-order valence-electron chi connectivity index (χ1n) is 9.60. The minimum absolute atomic E-state index is 0. The summed E-state index contributed by atoms with van der Waals surface area (Å²) in [6.07, 6.45) is 3.31. The second-order valence-corrected chi connectivity index (χ2v) is 7.84. The molecule has 5 nitrogen and oxygen atoms in total. The number of carbonyl (C=O) groups is 2. The predicted molar refractivity (Wildman–Crippen MR) is 103 cm³/mol. The van der Waals surface area contributed by atoms with Crippen LogP contribution in [0.25, 0.3) is 0 Å². The minimum Gasteiger partial charge on any atom is -0.339 e. The van der Waals surface area contributed by atoms with Crippen molar-refractivity contribution in [1.82, 2.24) is 15.1 Å². The van der Waals surface area contributed by atoms with E-state index in [1.165, 1.54) is 6.07 Å². The summed E-state index contributed by atoms with van der Waals surface area (Å²) in [7, 11) is 0. The zero-order chi connectivity index (χ0) is 18.1. The van der Waals surface area contributed by atoms with E-state index in [1.807, 2.05) is 4.90 Å². The van der Waals surface area contributed by atoms with E-state index in [4.69, 9.17) is 0 Å². The molecule has 3 fully saturated rings. The maximum absolute atomic E-state index is 13.7. The zero-order valence-electron chi connectivity index (χ0n) is 15.5. The molecule has 0 radical (unpaired) electrons. The first-order valence-corrected chi connectivity index (χ1v) is 9.60. The predicted octanol–water partition coefficient (Wildman–Crippen LogP) is 1.85. The number of nitrogens with zero attached hydrogens (tertiary/aromatic N) is 2. The lowest BCUT2D eigenvalue weighted by Gasteiger charge is -2.35. The van der Waals surface area contributed by atoms with E-state index in [0.29, 0.717) is 31.7 Å². The summed E-state index contributed by atoms with van der Waals surface area (Å²) in [4.78, 5) is 28.9. The van der Waals surface area contributed by atoms with Gasteiger partial charge in [0.15, 0.2) is 0 Å². The average Bonchev–Trinajstić information content (AvgIpc) is 3.36. The Balaban J connectivity index is 0.00000210. The van der Waals surface area contributed by atoms with Crippen LogP contribution in [0.2, 0.25) is 0 Å². The number of carbonyl (C=O) groups excluding carboxylic acids is 2. The number of rotatable bonds is 3. The quantitative estimate of drug-likeness (QED) is 0.849. The van der Waals surface area contributed by atoms with Crippen molar-refractivity contribution >= 4 is 24.2 Å². The Kier molecular flexibility index (Phi) is 6.06. The molecule has 1 N–H and O–H groups in total. The summed E-state index contributed by atoms with van der Waals surface area (Å²) in [6, 6.07) is 6.40. The molecular formula is C20H27ClFN3O2. The molecule has 1 aliphatic carbocycles. The molecule has 27 heavy (non-hydrogen) atoms. The van der Waals surface area contributed by atoms with Gasteiger partial charge in [0, 0.05) is 32.1 Å². The van der Waals surface area contributed by atoms with Crippen LogP contribution in [-0.4, -0.2) is 60.9 Å². The minimum atomic E-state index is -0.337. The van der Waals surface area contributed by atoms with Crippen LogP contribution in [0.5, 0.6) is 0 Å². The smallest absolute Gasteiger partial charge is 0.227 e. The highest BCUT2D eigenvalue weighted by Crippen LogP contribution is 2.59. The number of nitrogens with one attached hydrogen (secondary N) is 1. The Labute approximate surface area is 165 Å². The lowest BCUT2D eigenvalue weighted by atomic mass is 9.91. The number of hydrogen-bond donors (Lipinski definition) is 1. The van der Waals surface area contributed by atoms with Gasteiger partial charge < -0.3 is 15.1 Å². The van der Waals surface area contributed by atoms with Gasteiger partial charge in [0.25, 0.3) is 0 Å². The molecule has 1 atom stereocenters. The van der Waals surface area contributed by atoms with Crippen molar-refractivity contribution in [3.63, 3.8) is 0 Å². The van der Waals surface area contributed by atoms with E-state index in [9.17, 15) is 14.0 Å². The molecule has 0 bridgehead atoms. The van der Waals surface area contributed by atoms with Gasteiger partial charge in [0.2, 0.25) is 11.8 Å². The van der Waals surface area contributed by atoms with Gasteiger partial charge in [-0.05, 0) is 49.4 Å². The number of piperazine rings is 1. The van der Waals surface area contributed by atoms with E-state index in [0.717, 1.165) is 32.4 Å². The highest BCUT2D eigenvalue weighted by Gasteiger charge is 2.58. The fraction of sp³-hybridized carbons (Fsp3) is 0.600. The molecule has 1 saturated carbocycles. The van der Waals surface area contributed by atoms with Gasteiger partial charge >= 0.3 is 0 Å². The maximum atomic E-state index is 13.7. The molecule has 2 aliphatic heterocycles. The van der Waals surface area contributed by atoms with Gasteiger partial charge in [0.05, 0.1) is 6.42 Å².